The number of hydrogen-bond donors (Lipinski definition) is 4. The number of hydrogen-bond acceptors (Lipinski definition) is 9. The predicted molar refractivity (Wildman–Crippen MR) is 107 cm³/mol. The van der Waals surface area contributed by atoms with Gasteiger partial charge in [-0.25, -0.2) is 9.97 Å². The summed E-state index contributed by atoms with van der Waals surface area (Å²) in [5, 5.41) is 29.5. The zero-order valence-corrected chi connectivity index (χ0v) is 16.2. The average molecular weight is 393 g/mol. The fraction of sp³-hybridized carbons (Fsp3) is 0.474. The van der Waals surface area contributed by atoms with Crippen molar-refractivity contribution in [3.05, 3.63) is 29.8 Å². The van der Waals surface area contributed by atoms with Crippen LogP contribution in [0.2, 0.25) is 0 Å². The first-order chi connectivity index (χ1) is 14.1. The Morgan fingerprint density at radius 3 is 2.59 bits per heavy atom. The normalized spacial score (nSPS) is 17.8. The first-order valence-electron chi connectivity index (χ1n) is 9.67. The molecule has 10 heteroatoms. The van der Waals surface area contributed by atoms with Gasteiger partial charge >= 0.3 is 0 Å². The van der Waals surface area contributed by atoms with Gasteiger partial charge in [0.2, 0.25) is 0 Å². The highest BCUT2D eigenvalue weighted by molar-refractivity contribution is 5.97. The Morgan fingerprint density at radius 2 is 2.00 bits per heavy atom. The molecule has 1 aliphatic heterocycles. The van der Waals surface area contributed by atoms with Crippen molar-refractivity contribution >= 4 is 23.2 Å². The van der Waals surface area contributed by atoms with Crippen molar-refractivity contribution in [2.24, 2.45) is 5.41 Å². The zero-order chi connectivity index (χ0) is 20.3. The van der Waals surface area contributed by atoms with Crippen LogP contribution in [0.5, 0.6) is 0 Å². The molecule has 2 aromatic rings. The summed E-state index contributed by atoms with van der Waals surface area (Å²) in [5.41, 5.74) is 1.60. The predicted octanol–water partition coefficient (Wildman–Crippen LogP) is 1.19. The standard InChI is InChI=1S/C19H23N9O/c1-21-18(29)17-14(25-12-2-4-19(5-3-12)10-22-11-19)6-15(27-28-17)26-16-9-23-13(7-20)8-24-16/h6,8-9,12,22H,2-5,10-11H2,1H3,(H,21,29)(H2,24,25,26,27). The summed E-state index contributed by atoms with van der Waals surface area (Å²) in [4.78, 5) is 20.3. The largest absolute Gasteiger partial charge is 0.380 e. The maximum atomic E-state index is 12.2. The molecule has 1 amide bonds. The molecule has 1 spiro atoms. The average Bonchev–Trinajstić information content (AvgIpc) is 2.73. The minimum Gasteiger partial charge on any atom is -0.380 e. The Hall–Kier alpha value is -3.32. The Morgan fingerprint density at radius 1 is 1.21 bits per heavy atom. The lowest BCUT2D eigenvalue weighted by atomic mass is 9.68. The molecule has 0 bridgehead atoms. The molecule has 0 atom stereocenters. The molecule has 10 nitrogen and oxygen atoms in total. The fourth-order valence-electron chi connectivity index (χ4n) is 3.86. The second kappa shape index (κ2) is 7.97. The maximum absolute atomic E-state index is 12.2. The Bertz CT molecular complexity index is 924. The number of carbonyl (C=O) groups is 1. The van der Waals surface area contributed by atoms with E-state index in [0.29, 0.717) is 22.7 Å². The summed E-state index contributed by atoms with van der Waals surface area (Å²) >= 11 is 0. The molecule has 2 aromatic heterocycles. The Balaban J connectivity index is 1.50. The van der Waals surface area contributed by atoms with Crippen LogP contribution in [0.25, 0.3) is 0 Å². The van der Waals surface area contributed by atoms with Crippen LogP contribution in [0.4, 0.5) is 17.3 Å². The zero-order valence-electron chi connectivity index (χ0n) is 16.2. The van der Waals surface area contributed by atoms with Crippen molar-refractivity contribution in [3.63, 3.8) is 0 Å². The molecule has 4 N–H and O–H groups in total. The number of nitriles is 1. The van der Waals surface area contributed by atoms with Gasteiger partial charge in [-0.15, -0.1) is 10.2 Å². The van der Waals surface area contributed by atoms with Crippen LogP contribution in [-0.4, -0.2) is 52.3 Å². The van der Waals surface area contributed by atoms with Crippen LogP contribution in [0.3, 0.4) is 0 Å². The smallest absolute Gasteiger partial charge is 0.273 e. The molecule has 1 aliphatic carbocycles. The van der Waals surface area contributed by atoms with Gasteiger partial charge in [0.15, 0.2) is 17.2 Å². The van der Waals surface area contributed by atoms with Gasteiger partial charge in [-0.05, 0) is 31.1 Å². The van der Waals surface area contributed by atoms with Crippen LogP contribution >= 0.6 is 0 Å². The van der Waals surface area contributed by atoms with Crippen LogP contribution in [-0.2, 0) is 0 Å². The van der Waals surface area contributed by atoms with Crippen molar-refractivity contribution in [1.82, 2.24) is 30.8 Å². The summed E-state index contributed by atoms with van der Waals surface area (Å²) < 4.78 is 0. The Kier molecular flexibility index (Phi) is 5.22. The molecular formula is C19H23N9O. The van der Waals surface area contributed by atoms with E-state index in [1.54, 1.807) is 13.1 Å². The Labute approximate surface area is 168 Å². The van der Waals surface area contributed by atoms with Gasteiger partial charge < -0.3 is 21.3 Å². The third kappa shape index (κ3) is 4.09. The van der Waals surface area contributed by atoms with Crippen LogP contribution < -0.4 is 21.3 Å². The van der Waals surface area contributed by atoms with Crippen molar-refractivity contribution in [2.45, 2.75) is 31.7 Å². The lowest BCUT2D eigenvalue weighted by molar-refractivity contribution is 0.0956. The van der Waals surface area contributed by atoms with E-state index in [4.69, 9.17) is 5.26 Å². The van der Waals surface area contributed by atoms with Gasteiger partial charge in [-0.3, -0.25) is 4.79 Å². The highest BCUT2D eigenvalue weighted by atomic mass is 16.1. The molecule has 2 fully saturated rings. The summed E-state index contributed by atoms with van der Waals surface area (Å²) in [5.74, 6) is 0.587. The third-order valence-electron chi connectivity index (χ3n) is 5.66. The number of amides is 1. The van der Waals surface area contributed by atoms with Crippen molar-refractivity contribution < 1.29 is 4.79 Å². The van der Waals surface area contributed by atoms with Crippen LogP contribution in [0, 0.1) is 16.7 Å². The molecule has 0 aromatic carbocycles. The molecule has 150 valence electrons. The van der Waals surface area contributed by atoms with E-state index in [1.807, 2.05) is 6.07 Å². The van der Waals surface area contributed by atoms with E-state index in [9.17, 15) is 4.79 Å². The van der Waals surface area contributed by atoms with Gasteiger partial charge in [-0.2, -0.15) is 5.26 Å². The fourth-order valence-corrected chi connectivity index (χ4v) is 3.86. The quantitative estimate of drug-likeness (QED) is 0.589. The van der Waals surface area contributed by atoms with Crippen molar-refractivity contribution in [3.8, 4) is 6.07 Å². The van der Waals surface area contributed by atoms with Crippen molar-refractivity contribution in [1.29, 1.82) is 5.26 Å². The molecule has 3 heterocycles. The van der Waals surface area contributed by atoms with E-state index in [2.05, 4.69) is 41.4 Å². The van der Waals surface area contributed by atoms with E-state index >= 15 is 0 Å². The van der Waals surface area contributed by atoms with Crippen LogP contribution in [0.1, 0.15) is 41.9 Å². The third-order valence-corrected chi connectivity index (χ3v) is 5.66. The summed E-state index contributed by atoms with van der Waals surface area (Å²) in [6.45, 7) is 2.22. The lowest BCUT2D eigenvalue weighted by Crippen LogP contribution is -2.55. The molecule has 0 unspecified atom stereocenters. The molecule has 29 heavy (non-hydrogen) atoms. The highest BCUT2D eigenvalue weighted by Gasteiger charge is 2.40. The van der Waals surface area contributed by atoms with Gasteiger partial charge in [0.25, 0.3) is 5.91 Å². The van der Waals surface area contributed by atoms with E-state index < -0.39 is 0 Å². The van der Waals surface area contributed by atoms with Gasteiger partial charge in [0.1, 0.15) is 11.9 Å². The number of rotatable bonds is 5. The first kappa shape index (κ1) is 19.0. The number of anilines is 3. The van der Waals surface area contributed by atoms with E-state index in [1.165, 1.54) is 25.2 Å². The molecule has 1 saturated carbocycles. The topological polar surface area (TPSA) is 141 Å². The lowest BCUT2D eigenvalue weighted by Gasteiger charge is -2.47. The number of nitrogens with one attached hydrogen (secondary N) is 4. The molecule has 2 aliphatic rings. The van der Waals surface area contributed by atoms with Gasteiger partial charge in [0, 0.05) is 32.2 Å². The molecular weight excluding hydrogens is 370 g/mol. The molecule has 4 rings (SSSR count). The molecule has 1 saturated heterocycles. The number of carbonyl (C=O) groups excluding carboxylic acids is 1. The van der Waals surface area contributed by atoms with Crippen molar-refractivity contribution in [2.75, 3.05) is 30.8 Å². The second-order valence-corrected chi connectivity index (χ2v) is 7.62. The number of aromatic nitrogens is 4. The minimum absolute atomic E-state index is 0.232. The minimum atomic E-state index is -0.291. The monoisotopic (exact) mass is 393 g/mol. The van der Waals surface area contributed by atoms with E-state index in [-0.39, 0.29) is 23.3 Å². The van der Waals surface area contributed by atoms with Crippen LogP contribution in [0.15, 0.2) is 18.5 Å². The van der Waals surface area contributed by atoms with E-state index in [0.717, 1.165) is 25.9 Å². The van der Waals surface area contributed by atoms with Gasteiger partial charge in [-0.1, -0.05) is 0 Å². The van der Waals surface area contributed by atoms with Gasteiger partial charge in [0.05, 0.1) is 18.1 Å². The summed E-state index contributed by atoms with van der Waals surface area (Å²) in [7, 11) is 1.57. The SMILES string of the molecule is CNC(=O)c1nnc(Nc2cnc(C#N)cn2)cc1NC1CCC2(CC1)CNC2. The first-order valence-corrected chi connectivity index (χ1v) is 9.67. The maximum Gasteiger partial charge on any atom is 0.273 e. The summed E-state index contributed by atoms with van der Waals surface area (Å²) in [6.07, 6.45) is 7.30. The second-order valence-electron chi connectivity index (χ2n) is 7.62. The summed E-state index contributed by atoms with van der Waals surface area (Å²) in [6, 6.07) is 3.97. The molecule has 0 radical (unpaired) electrons. The number of nitrogens with zero attached hydrogens (tertiary/aromatic N) is 5. The highest BCUT2D eigenvalue weighted by Crippen LogP contribution is 2.40.